The van der Waals surface area contributed by atoms with Crippen LogP contribution in [-0.2, 0) is 0 Å². The fraction of sp³-hybridized carbons (Fsp3) is 0.368. The van der Waals surface area contributed by atoms with Crippen molar-refractivity contribution in [2.24, 2.45) is 5.92 Å². The monoisotopic (exact) mass is 411 g/mol. The zero-order valence-electron chi connectivity index (χ0n) is 15.0. The van der Waals surface area contributed by atoms with Gasteiger partial charge in [-0.25, -0.2) is 18.7 Å². The average molecular weight is 412 g/mol. The van der Waals surface area contributed by atoms with Crippen molar-refractivity contribution in [2.45, 2.75) is 31.6 Å². The van der Waals surface area contributed by atoms with Gasteiger partial charge in [0, 0.05) is 18.6 Å². The van der Waals surface area contributed by atoms with Crippen LogP contribution < -0.4 is 5.32 Å². The Kier molecular flexibility index (Phi) is 6.24. The van der Waals surface area contributed by atoms with Crippen LogP contribution in [0.1, 0.15) is 23.4 Å². The van der Waals surface area contributed by atoms with Crippen molar-refractivity contribution >= 4 is 29.6 Å². The Hall–Kier alpha value is -2.13. The first-order chi connectivity index (χ1) is 13.3. The molecule has 0 saturated heterocycles. The number of anilines is 1. The lowest BCUT2D eigenvalue weighted by atomic mass is 10.1. The molecule has 1 aliphatic rings. The van der Waals surface area contributed by atoms with Crippen LogP contribution in [0, 0.1) is 24.5 Å². The van der Waals surface area contributed by atoms with E-state index in [1.165, 1.54) is 24.3 Å². The highest BCUT2D eigenvalue weighted by atomic mass is 35.5. The molecule has 4 N–H and O–H groups in total. The molecule has 6 nitrogen and oxygen atoms in total. The minimum absolute atomic E-state index is 0.120. The summed E-state index contributed by atoms with van der Waals surface area (Å²) in [5.41, 5.74) is 0.655. The van der Waals surface area contributed by atoms with Crippen LogP contribution in [0.3, 0.4) is 0 Å². The Labute approximate surface area is 165 Å². The number of aliphatic hydroxyl groups is 3. The van der Waals surface area contributed by atoms with Crippen LogP contribution in [-0.4, -0.2) is 50.1 Å². The largest absolute Gasteiger partial charge is 0.396 e. The molecule has 0 spiro atoms. The minimum Gasteiger partial charge on any atom is -0.396 e. The van der Waals surface area contributed by atoms with Gasteiger partial charge in [0.15, 0.2) is 0 Å². The molecule has 2 aromatic rings. The van der Waals surface area contributed by atoms with Gasteiger partial charge in [0.1, 0.15) is 34.5 Å². The van der Waals surface area contributed by atoms with Gasteiger partial charge in [-0.1, -0.05) is 17.7 Å². The second-order valence-electron chi connectivity index (χ2n) is 6.77. The maximum Gasteiger partial charge on any atom is 0.142 e. The van der Waals surface area contributed by atoms with E-state index in [0.717, 1.165) is 6.07 Å². The van der Waals surface area contributed by atoms with Gasteiger partial charge in [-0.3, -0.25) is 0 Å². The van der Waals surface area contributed by atoms with Crippen molar-refractivity contribution in [2.75, 3.05) is 11.9 Å². The highest BCUT2D eigenvalue weighted by Gasteiger charge is 2.41. The van der Waals surface area contributed by atoms with Gasteiger partial charge in [0.05, 0.1) is 17.7 Å². The smallest absolute Gasteiger partial charge is 0.142 e. The number of benzene rings is 1. The number of nitrogens with one attached hydrogen (secondary N) is 1. The van der Waals surface area contributed by atoms with Crippen LogP contribution in [0.15, 0.2) is 18.2 Å². The SMILES string of the molecule is Cc1nc(Cl)c(/C=C/c2cc(F)cc(F)c2)c(N[C@@H]2C[C@H](CO)[C@@H](O)[C@H]2O)n1. The van der Waals surface area contributed by atoms with Gasteiger partial charge < -0.3 is 20.6 Å². The summed E-state index contributed by atoms with van der Waals surface area (Å²) in [6, 6.07) is 2.55. The minimum atomic E-state index is -1.10. The van der Waals surface area contributed by atoms with Crippen molar-refractivity contribution in [3.05, 3.63) is 51.9 Å². The van der Waals surface area contributed by atoms with Crippen molar-refractivity contribution in [1.29, 1.82) is 0 Å². The number of aryl methyl sites for hydroxylation is 1. The van der Waals surface area contributed by atoms with Crippen LogP contribution in [0.2, 0.25) is 5.15 Å². The van der Waals surface area contributed by atoms with E-state index < -0.39 is 35.8 Å². The predicted molar refractivity (Wildman–Crippen MR) is 102 cm³/mol. The third kappa shape index (κ3) is 4.47. The molecule has 1 aliphatic carbocycles. The van der Waals surface area contributed by atoms with Crippen LogP contribution in [0.5, 0.6) is 0 Å². The second-order valence-corrected chi connectivity index (χ2v) is 7.13. The van der Waals surface area contributed by atoms with E-state index in [1.54, 1.807) is 6.92 Å². The summed E-state index contributed by atoms with van der Waals surface area (Å²) in [6.45, 7) is 1.39. The third-order valence-electron chi connectivity index (χ3n) is 4.70. The summed E-state index contributed by atoms with van der Waals surface area (Å²) in [5, 5.41) is 32.7. The van der Waals surface area contributed by atoms with Crippen LogP contribution in [0.25, 0.3) is 12.2 Å². The topological polar surface area (TPSA) is 98.5 Å². The van der Waals surface area contributed by atoms with Crippen molar-refractivity contribution in [3.63, 3.8) is 0 Å². The van der Waals surface area contributed by atoms with Crippen molar-refractivity contribution in [1.82, 2.24) is 9.97 Å². The number of halogens is 3. The van der Waals surface area contributed by atoms with E-state index in [-0.39, 0.29) is 17.3 Å². The first-order valence-electron chi connectivity index (χ1n) is 8.70. The van der Waals surface area contributed by atoms with Gasteiger partial charge in [0.2, 0.25) is 0 Å². The van der Waals surface area contributed by atoms with Crippen molar-refractivity contribution < 1.29 is 24.1 Å². The molecule has 1 fully saturated rings. The van der Waals surface area contributed by atoms with E-state index in [2.05, 4.69) is 15.3 Å². The molecule has 1 saturated carbocycles. The zero-order chi connectivity index (χ0) is 20.4. The maximum atomic E-state index is 13.4. The molecule has 1 aromatic heterocycles. The molecule has 0 radical (unpaired) electrons. The predicted octanol–water partition coefficient (Wildman–Crippen LogP) is 2.40. The van der Waals surface area contributed by atoms with E-state index in [0.29, 0.717) is 23.6 Å². The number of rotatable bonds is 5. The molecule has 3 rings (SSSR count). The Morgan fingerprint density at radius 2 is 1.82 bits per heavy atom. The Morgan fingerprint density at radius 3 is 2.43 bits per heavy atom. The van der Waals surface area contributed by atoms with E-state index in [9.17, 15) is 24.1 Å². The first-order valence-corrected chi connectivity index (χ1v) is 9.08. The molecule has 9 heteroatoms. The molecule has 4 atom stereocenters. The molecule has 0 unspecified atom stereocenters. The Morgan fingerprint density at radius 1 is 1.14 bits per heavy atom. The number of nitrogens with zero attached hydrogens (tertiary/aromatic N) is 2. The molecule has 0 amide bonds. The average Bonchev–Trinajstić information content (AvgIpc) is 2.88. The van der Waals surface area contributed by atoms with E-state index in [4.69, 9.17) is 11.6 Å². The van der Waals surface area contributed by atoms with Crippen LogP contribution in [0.4, 0.5) is 14.6 Å². The fourth-order valence-electron chi connectivity index (χ4n) is 3.28. The zero-order valence-corrected chi connectivity index (χ0v) is 15.7. The van der Waals surface area contributed by atoms with Crippen molar-refractivity contribution in [3.8, 4) is 0 Å². The summed E-state index contributed by atoms with van der Waals surface area (Å²) in [5.74, 6) is -1.18. The lowest BCUT2D eigenvalue weighted by Crippen LogP contribution is -2.35. The fourth-order valence-corrected chi connectivity index (χ4v) is 3.55. The highest BCUT2D eigenvalue weighted by molar-refractivity contribution is 6.31. The molecule has 1 heterocycles. The summed E-state index contributed by atoms with van der Waals surface area (Å²) in [6.07, 6.45) is 1.15. The summed E-state index contributed by atoms with van der Waals surface area (Å²) in [7, 11) is 0. The number of aliphatic hydroxyl groups excluding tert-OH is 3. The normalized spacial score (nSPS) is 24.8. The van der Waals surface area contributed by atoms with E-state index in [1.807, 2.05) is 0 Å². The van der Waals surface area contributed by atoms with Gasteiger partial charge in [0.25, 0.3) is 0 Å². The Balaban J connectivity index is 1.91. The molecule has 1 aromatic carbocycles. The molecule has 28 heavy (non-hydrogen) atoms. The van der Waals surface area contributed by atoms with Gasteiger partial charge in [-0.2, -0.15) is 0 Å². The first kappa shape index (κ1) is 20.6. The van der Waals surface area contributed by atoms with Gasteiger partial charge >= 0.3 is 0 Å². The maximum absolute atomic E-state index is 13.4. The summed E-state index contributed by atoms with van der Waals surface area (Å²) in [4.78, 5) is 8.38. The number of aromatic nitrogens is 2. The summed E-state index contributed by atoms with van der Waals surface area (Å²) < 4.78 is 26.8. The quantitative estimate of drug-likeness (QED) is 0.564. The van der Waals surface area contributed by atoms with E-state index >= 15 is 0 Å². The highest BCUT2D eigenvalue weighted by Crippen LogP contribution is 2.31. The lowest BCUT2D eigenvalue weighted by Gasteiger charge is -2.20. The molecule has 150 valence electrons. The molecular formula is C19H20ClF2N3O3. The number of hydrogen-bond acceptors (Lipinski definition) is 6. The lowest BCUT2D eigenvalue weighted by molar-refractivity contribution is 0.00445. The van der Waals surface area contributed by atoms with Crippen LogP contribution >= 0.6 is 11.6 Å². The molecule has 0 bridgehead atoms. The molecule has 0 aliphatic heterocycles. The summed E-state index contributed by atoms with van der Waals surface area (Å²) >= 11 is 6.23. The van der Waals surface area contributed by atoms with Gasteiger partial charge in [-0.05, 0) is 37.1 Å². The standard InChI is InChI=1S/C19H20ClF2N3O3/c1-9-23-18(20)14(3-2-10-4-12(21)7-13(22)5-10)19(24-9)25-15-6-11(8-26)16(27)17(15)28/h2-5,7,11,15-17,26-28H,6,8H2,1H3,(H,23,24,25)/b3-2+/t11-,15-,16-,17+/m1/s1. The second kappa shape index (κ2) is 8.48. The third-order valence-corrected chi connectivity index (χ3v) is 4.98. The number of hydrogen-bond donors (Lipinski definition) is 4. The van der Waals surface area contributed by atoms with Gasteiger partial charge in [-0.15, -0.1) is 0 Å². The Bertz CT molecular complexity index is 877. The molecular weight excluding hydrogens is 392 g/mol.